The van der Waals surface area contributed by atoms with Gasteiger partial charge in [-0.3, -0.25) is 4.79 Å². The van der Waals surface area contributed by atoms with Crippen LogP contribution in [0.3, 0.4) is 0 Å². The minimum Gasteiger partial charge on any atom is -0.482 e. The van der Waals surface area contributed by atoms with E-state index in [1.165, 1.54) is 7.11 Å². The Morgan fingerprint density at radius 2 is 2.17 bits per heavy atom. The van der Waals surface area contributed by atoms with E-state index in [2.05, 4.69) is 4.74 Å². The first-order chi connectivity index (χ1) is 11.1. The molecule has 0 saturated heterocycles. The third kappa shape index (κ3) is 3.12. The molecule has 2 heterocycles. The van der Waals surface area contributed by atoms with Gasteiger partial charge in [-0.15, -0.1) is 11.3 Å². The van der Waals surface area contributed by atoms with E-state index in [9.17, 15) is 9.59 Å². The van der Waals surface area contributed by atoms with Crippen LogP contribution in [0.4, 0.5) is 0 Å². The van der Waals surface area contributed by atoms with Crippen molar-refractivity contribution in [2.45, 2.75) is 6.92 Å². The lowest BCUT2D eigenvalue weighted by Crippen LogP contribution is -2.12. The third-order valence-electron chi connectivity index (χ3n) is 3.39. The predicted octanol–water partition coefficient (Wildman–Crippen LogP) is 3.22. The summed E-state index contributed by atoms with van der Waals surface area (Å²) in [6.45, 7) is 1.79. The van der Waals surface area contributed by atoms with Crippen molar-refractivity contribution in [3.63, 3.8) is 0 Å². The maximum atomic E-state index is 12.4. The lowest BCUT2D eigenvalue weighted by atomic mass is 10.1. The lowest BCUT2D eigenvalue weighted by molar-refractivity contribution is -0.142. The number of carbonyl (C=O) groups is 2. The van der Waals surface area contributed by atoms with Crippen LogP contribution in [0.1, 0.15) is 20.8 Å². The Morgan fingerprint density at radius 3 is 2.87 bits per heavy atom. The van der Waals surface area contributed by atoms with Crippen molar-refractivity contribution in [1.29, 1.82) is 0 Å². The average molecular weight is 330 g/mol. The maximum Gasteiger partial charge on any atom is 0.343 e. The molecule has 0 aliphatic carbocycles. The molecule has 1 aliphatic heterocycles. The van der Waals surface area contributed by atoms with Gasteiger partial charge in [0.05, 0.1) is 12.7 Å². The number of methoxy groups -OCH3 is 1. The van der Waals surface area contributed by atoms with Gasteiger partial charge in [-0.1, -0.05) is 0 Å². The van der Waals surface area contributed by atoms with E-state index in [0.29, 0.717) is 17.1 Å². The zero-order chi connectivity index (χ0) is 16.4. The number of ketones is 1. The number of carbonyl (C=O) groups excluding carboxylic acids is 2. The number of ether oxygens (including phenoxy) is 3. The van der Waals surface area contributed by atoms with E-state index in [1.807, 2.05) is 18.4 Å². The molecule has 0 bridgehead atoms. The minimum atomic E-state index is -0.476. The Morgan fingerprint density at radius 1 is 1.35 bits per heavy atom. The fraction of sp³-hybridized carbons (Fsp3) is 0.176. The van der Waals surface area contributed by atoms with E-state index >= 15 is 0 Å². The molecular weight excluding hydrogens is 316 g/mol. The molecule has 3 rings (SSSR count). The Kier molecular flexibility index (Phi) is 4.16. The number of benzene rings is 1. The number of esters is 1. The molecule has 23 heavy (non-hydrogen) atoms. The van der Waals surface area contributed by atoms with Crippen molar-refractivity contribution in [2.24, 2.45) is 0 Å². The standard InChI is InChI=1S/C17H14O5S/c1-10-5-6-23-15(10)8-14-17(19)12-4-3-11(7-13(12)22-14)21-9-16(18)20-2/h3-8H,9H2,1-2H3. The number of fused-ring (bicyclic) bond motifs is 1. The molecule has 0 unspecified atom stereocenters. The van der Waals surface area contributed by atoms with E-state index in [-0.39, 0.29) is 18.1 Å². The Hall–Kier alpha value is -2.60. The topological polar surface area (TPSA) is 61.8 Å². The smallest absolute Gasteiger partial charge is 0.343 e. The normalized spacial score (nSPS) is 14.5. The predicted molar refractivity (Wildman–Crippen MR) is 85.9 cm³/mol. The van der Waals surface area contributed by atoms with E-state index in [1.54, 1.807) is 35.6 Å². The van der Waals surface area contributed by atoms with E-state index in [0.717, 1.165) is 10.4 Å². The zero-order valence-electron chi connectivity index (χ0n) is 12.6. The van der Waals surface area contributed by atoms with Crippen LogP contribution in [0.15, 0.2) is 35.4 Å². The van der Waals surface area contributed by atoms with Gasteiger partial charge in [0, 0.05) is 17.0 Å². The van der Waals surface area contributed by atoms with Gasteiger partial charge in [0.15, 0.2) is 12.4 Å². The van der Waals surface area contributed by atoms with Crippen LogP contribution < -0.4 is 9.47 Å². The molecule has 2 aromatic rings. The molecule has 0 spiro atoms. The highest BCUT2D eigenvalue weighted by Crippen LogP contribution is 2.35. The van der Waals surface area contributed by atoms with Crippen molar-refractivity contribution >= 4 is 29.2 Å². The molecule has 0 amide bonds. The van der Waals surface area contributed by atoms with Crippen molar-refractivity contribution in [3.05, 3.63) is 51.4 Å². The van der Waals surface area contributed by atoms with Gasteiger partial charge in [-0.25, -0.2) is 4.79 Å². The summed E-state index contributed by atoms with van der Waals surface area (Å²) in [6, 6.07) is 6.84. The van der Waals surface area contributed by atoms with E-state index in [4.69, 9.17) is 9.47 Å². The number of hydrogen-bond donors (Lipinski definition) is 0. The average Bonchev–Trinajstić information content (AvgIpc) is 3.09. The zero-order valence-corrected chi connectivity index (χ0v) is 13.4. The van der Waals surface area contributed by atoms with Gasteiger partial charge >= 0.3 is 5.97 Å². The Labute approximate surface area is 137 Å². The van der Waals surface area contributed by atoms with Crippen LogP contribution in [-0.4, -0.2) is 25.5 Å². The van der Waals surface area contributed by atoms with Gasteiger partial charge in [0.25, 0.3) is 0 Å². The van der Waals surface area contributed by atoms with Crippen LogP contribution in [0.5, 0.6) is 11.5 Å². The summed E-state index contributed by atoms with van der Waals surface area (Å²) in [5.74, 6) is 0.521. The van der Waals surface area contributed by atoms with Gasteiger partial charge < -0.3 is 14.2 Å². The van der Waals surface area contributed by atoms with Crippen molar-refractivity contribution in [3.8, 4) is 11.5 Å². The summed E-state index contributed by atoms with van der Waals surface area (Å²) in [4.78, 5) is 24.4. The quantitative estimate of drug-likeness (QED) is 0.636. The van der Waals surface area contributed by atoms with Gasteiger partial charge in [0.2, 0.25) is 5.78 Å². The van der Waals surface area contributed by atoms with Gasteiger partial charge in [0.1, 0.15) is 11.5 Å². The maximum absolute atomic E-state index is 12.4. The molecule has 1 aromatic heterocycles. The summed E-state index contributed by atoms with van der Waals surface area (Å²) in [5, 5.41) is 1.97. The molecule has 0 radical (unpaired) electrons. The van der Waals surface area contributed by atoms with Crippen LogP contribution >= 0.6 is 11.3 Å². The first-order valence-corrected chi connectivity index (χ1v) is 7.78. The summed E-state index contributed by atoms with van der Waals surface area (Å²) >= 11 is 1.55. The SMILES string of the molecule is COC(=O)COc1ccc2c(c1)OC(=Cc1sccc1C)C2=O. The van der Waals surface area contributed by atoms with Crippen LogP contribution in [0.2, 0.25) is 0 Å². The van der Waals surface area contributed by atoms with Crippen molar-refractivity contribution < 1.29 is 23.8 Å². The molecule has 0 atom stereocenters. The Bertz CT molecular complexity index is 803. The van der Waals surface area contributed by atoms with Crippen LogP contribution in [0, 0.1) is 6.92 Å². The first-order valence-electron chi connectivity index (χ1n) is 6.90. The Balaban J connectivity index is 1.81. The molecule has 6 heteroatoms. The first kappa shape index (κ1) is 15.3. The second-order valence-electron chi connectivity index (χ2n) is 4.93. The highest BCUT2D eigenvalue weighted by Gasteiger charge is 2.28. The van der Waals surface area contributed by atoms with Gasteiger partial charge in [-0.05, 0) is 36.1 Å². The summed E-state index contributed by atoms with van der Waals surface area (Å²) in [5.41, 5.74) is 1.58. The second kappa shape index (κ2) is 6.26. The number of aryl methyl sites for hydroxylation is 1. The molecular formula is C17H14O5S. The van der Waals surface area contributed by atoms with Crippen LogP contribution in [0.25, 0.3) is 6.08 Å². The minimum absolute atomic E-state index is 0.160. The number of hydrogen-bond acceptors (Lipinski definition) is 6. The number of thiophene rings is 1. The molecule has 0 saturated carbocycles. The molecule has 118 valence electrons. The summed E-state index contributed by atoms with van der Waals surface area (Å²) in [6.07, 6.45) is 1.75. The van der Waals surface area contributed by atoms with Gasteiger partial charge in [-0.2, -0.15) is 0 Å². The largest absolute Gasteiger partial charge is 0.482 e. The number of allylic oxidation sites excluding steroid dienone is 1. The monoisotopic (exact) mass is 330 g/mol. The number of rotatable bonds is 4. The third-order valence-corrected chi connectivity index (χ3v) is 4.36. The summed E-state index contributed by atoms with van der Waals surface area (Å²) in [7, 11) is 1.29. The summed E-state index contributed by atoms with van der Waals surface area (Å²) < 4.78 is 15.5. The molecule has 1 aliphatic rings. The highest BCUT2D eigenvalue weighted by molar-refractivity contribution is 7.11. The van der Waals surface area contributed by atoms with Crippen molar-refractivity contribution in [1.82, 2.24) is 0 Å². The fourth-order valence-electron chi connectivity index (χ4n) is 2.11. The highest BCUT2D eigenvalue weighted by atomic mass is 32.1. The fourth-order valence-corrected chi connectivity index (χ4v) is 2.96. The second-order valence-corrected chi connectivity index (χ2v) is 5.88. The molecule has 1 aromatic carbocycles. The van der Waals surface area contributed by atoms with Crippen molar-refractivity contribution in [2.75, 3.05) is 13.7 Å². The molecule has 5 nitrogen and oxygen atoms in total. The lowest BCUT2D eigenvalue weighted by Gasteiger charge is -2.05. The van der Waals surface area contributed by atoms with Crippen LogP contribution in [-0.2, 0) is 9.53 Å². The molecule has 0 fully saturated rings. The van der Waals surface area contributed by atoms with E-state index < -0.39 is 5.97 Å². The molecule has 0 N–H and O–H groups in total. The number of Topliss-reactive ketones (excluding diaryl/α,β-unsaturated/α-hetero) is 1.